The predicted molar refractivity (Wildman–Crippen MR) is 81.6 cm³/mol. The van der Waals surface area contributed by atoms with E-state index in [0.717, 1.165) is 38.3 Å². The molecule has 1 fully saturated rings. The third-order valence-electron chi connectivity index (χ3n) is 4.13. The first kappa shape index (κ1) is 14.8. The molecule has 0 aliphatic heterocycles. The molecule has 1 aromatic rings. The minimum absolute atomic E-state index is 0.136. The molecule has 2 rings (SSSR count). The van der Waals surface area contributed by atoms with Gasteiger partial charge in [0.25, 0.3) is 0 Å². The van der Waals surface area contributed by atoms with Crippen LogP contribution in [0.1, 0.15) is 38.2 Å². The monoisotopic (exact) mass is 277 g/mol. The van der Waals surface area contributed by atoms with E-state index in [1.54, 1.807) is 19.2 Å². The third kappa shape index (κ3) is 3.30. The summed E-state index contributed by atoms with van der Waals surface area (Å²) in [4.78, 5) is 4.23. The van der Waals surface area contributed by atoms with Crippen molar-refractivity contribution in [3.8, 4) is 0 Å². The maximum Gasteiger partial charge on any atom is 0.191 e. The highest BCUT2D eigenvalue weighted by Gasteiger charge is 2.38. The Morgan fingerprint density at radius 3 is 2.45 bits per heavy atom. The van der Waals surface area contributed by atoms with Crippen LogP contribution >= 0.6 is 0 Å². The topological polar surface area (TPSA) is 36.4 Å². The van der Waals surface area contributed by atoms with Gasteiger partial charge in [-0.2, -0.15) is 0 Å². The van der Waals surface area contributed by atoms with Gasteiger partial charge in [0.2, 0.25) is 0 Å². The van der Waals surface area contributed by atoms with E-state index in [0.29, 0.717) is 0 Å². The molecule has 0 aromatic heterocycles. The quantitative estimate of drug-likeness (QED) is 0.641. The van der Waals surface area contributed by atoms with Crippen molar-refractivity contribution in [3.63, 3.8) is 0 Å². The lowest BCUT2D eigenvalue weighted by Gasteiger charge is -2.43. The van der Waals surface area contributed by atoms with Crippen LogP contribution in [-0.2, 0) is 5.41 Å². The van der Waals surface area contributed by atoms with E-state index < -0.39 is 0 Å². The number of aliphatic imine (C=N–C) groups is 1. The molecule has 0 radical (unpaired) electrons. The van der Waals surface area contributed by atoms with Gasteiger partial charge >= 0.3 is 0 Å². The summed E-state index contributed by atoms with van der Waals surface area (Å²) in [6.07, 6.45) is 4.61. The van der Waals surface area contributed by atoms with Crippen LogP contribution in [0.5, 0.6) is 0 Å². The lowest BCUT2D eigenvalue weighted by atomic mass is 9.64. The molecule has 0 saturated heterocycles. The minimum Gasteiger partial charge on any atom is -0.356 e. The van der Waals surface area contributed by atoms with E-state index in [4.69, 9.17) is 0 Å². The van der Waals surface area contributed by atoms with Gasteiger partial charge in [-0.25, -0.2) is 4.39 Å². The third-order valence-corrected chi connectivity index (χ3v) is 4.13. The number of nitrogens with one attached hydrogen (secondary N) is 2. The van der Waals surface area contributed by atoms with Crippen LogP contribution in [0, 0.1) is 5.82 Å². The van der Waals surface area contributed by atoms with Crippen molar-refractivity contribution >= 4 is 5.96 Å². The average molecular weight is 277 g/mol. The van der Waals surface area contributed by atoms with Crippen molar-refractivity contribution in [2.24, 2.45) is 4.99 Å². The molecule has 0 amide bonds. The lowest BCUT2D eigenvalue weighted by molar-refractivity contribution is 0.243. The molecule has 1 aromatic carbocycles. The van der Waals surface area contributed by atoms with E-state index in [2.05, 4.69) is 22.5 Å². The van der Waals surface area contributed by atoms with Crippen LogP contribution in [0.3, 0.4) is 0 Å². The molecule has 1 aliphatic carbocycles. The summed E-state index contributed by atoms with van der Waals surface area (Å²) in [7, 11) is 1.79. The average Bonchev–Trinajstić information content (AvgIpc) is 2.42. The number of rotatable bonds is 5. The highest BCUT2D eigenvalue weighted by molar-refractivity contribution is 5.79. The number of benzene rings is 1. The molecule has 4 heteroatoms. The van der Waals surface area contributed by atoms with Gasteiger partial charge in [-0.05, 0) is 37.0 Å². The maximum absolute atomic E-state index is 13.1. The van der Waals surface area contributed by atoms with Crippen molar-refractivity contribution in [3.05, 3.63) is 35.6 Å². The fraction of sp³-hybridized carbons (Fsp3) is 0.562. The number of nitrogens with zero attached hydrogens (tertiary/aromatic N) is 1. The summed E-state index contributed by atoms with van der Waals surface area (Å²) in [6.45, 7) is 3.90. The van der Waals surface area contributed by atoms with Crippen LogP contribution in [0.2, 0.25) is 0 Å². The molecule has 0 atom stereocenters. The molecule has 0 spiro atoms. The van der Waals surface area contributed by atoms with Crippen molar-refractivity contribution < 1.29 is 4.39 Å². The smallest absolute Gasteiger partial charge is 0.191 e. The Balaban J connectivity index is 1.99. The second-order valence-corrected chi connectivity index (χ2v) is 5.49. The van der Waals surface area contributed by atoms with Gasteiger partial charge in [0.1, 0.15) is 5.82 Å². The molecule has 110 valence electrons. The van der Waals surface area contributed by atoms with E-state index in [1.165, 1.54) is 12.0 Å². The molecule has 1 saturated carbocycles. The molecular formula is C16H24FN3. The van der Waals surface area contributed by atoms with E-state index >= 15 is 0 Å². The Labute approximate surface area is 120 Å². The summed E-state index contributed by atoms with van der Waals surface area (Å²) in [5.74, 6) is 0.678. The zero-order chi connectivity index (χ0) is 14.4. The summed E-state index contributed by atoms with van der Waals surface area (Å²) in [5.41, 5.74) is 1.36. The second kappa shape index (κ2) is 6.73. The van der Waals surface area contributed by atoms with Crippen molar-refractivity contribution in [2.45, 2.75) is 38.0 Å². The zero-order valence-corrected chi connectivity index (χ0v) is 12.4. The summed E-state index contributed by atoms with van der Waals surface area (Å²) < 4.78 is 13.1. The second-order valence-electron chi connectivity index (χ2n) is 5.49. The molecule has 0 bridgehead atoms. The van der Waals surface area contributed by atoms with E-state index in [1.807, 2.05) is 12.1 Å². The van der Waals surface area contributed by atoms with Crippen LogP contribution in [0.25, 0.3) is 0 Å². The van der Waals surface area contributed by atoms with Crippen molar-refractivity contribution in [2.75, 3.05) is 20.1 Å². The number of halogens is 1. The first-order valence-electron chi connectivity index (χ1n) is 7.41. The molecule has 0 heterocycles. The fourth-order valence-electron chi connectivity index (χ4n) is 2.69. The van der Waals surface area contributed by atoms with Gasteiger partial charge in [0.15, 0.2) is 5.96 Å². The summed E-state index contributed by atoms with van der Waals surface area (Å²) in [6, 6.07) is 6.94. The fourth-order valence-corrected chi connectivity index (χ4v) is 2.69. The highest BCUT2D eigenvalue weighted by Crippen LogP contribution is 2.43. The normalized spacial score (nSPS) is 17.4. The SMILES string of the molecule is CCCNC(=NC)NCC1(c2ccc(F)cc2)CCC1. The van der Waals surface area contributed by atoms with Crippen LogP contribution in [-0.4, -0.2) is 26.1 Å². The van der Waals surface area contributed by atoms with E-state index in [-0.39, 0.29) is 11.2 Å². The van der Waals surface area contributed by atoms with Crippen molar-refractivity contribution in [1.29, 1.82) is 0 Å². The number of hydrogen-bond donors (Lipinski definition) is 2. The lowest BCUT2D eigenvalue weighted by Crippen LogP contribution is -2.49. The van der Waals surface area contributed by atoms with Gasteiger partial charge in [-0.15, -0.1) is 0 Å². The van der Waals surface area contributed by atoms with Crippen molar-refractivity contribution in [1.82, 2.24) is 10.6 Å². The molecule has 0 unspecified atom stereocenters. The van der Waals surface area contributed by atoms with Crippen LogP contribution in [0.4, 0.5) is 4.39 Å². The Kier molecular flexibility index (Phi) is 4.99. The Morgan fingerprint density at radius 1 is 1.25 bits per heavy atom. The Bertz CT molecular complexity index is 449. The number of guanidine groups is 1. The van der Waals surface area contributed by atoms with Gasteiger partial charge in [-0.1, -0.05) is 25.5 Å². The number of hydrogen-bond acceptors (Lipinski definition) is 1. The Morgan fingerprint density at radius 2 is 1.95 bits per heavy atom. The van der Waals surface area contributed by atoms with Crippen LogP contribution in [0.15, 0.2) is 29.3 Å². The standard InChI is InChI=1S/C16H24FN3/c1-3-11-19-15(18-2)20-12-16(9-4-10-16)13-5-7-14(17)8-6-13/h5-8H,3-4,9-12H2,1-2H3,(H2,18,19,20). The largest absolute Gasteiger partial charge is 0.356 e. The maximum atomic E-state index is 13.1. The molecule has 3 nitrogen and oxygen atoms in total. The van der Waals surface area contributed by atoms with Crippen LogP contribution < -0.4 is 10.6 Å². The molecule has 1 aliphatic rings. The Hall–Kier alpha value is -1.58. The first-order valence-corrected chi connectivity index (χ1v) is 7.41. The molecular weight excluding hydrogens is 253 g/mol. The predicted octanol–water partition coefficient (Wildman–Crippen LogP) is 2.82. The van der Waals surface area contributed by atoms with Gasteiger partial charge < -0.3 is 10.6 Å². The van der Waals surface area contributed by atoms with E-state index in [9.17, 15) is 4.39 Å². The molecule has 2 N–H and O–H groups in total. The molecule has 20 heavy (non-hydrogen) atoms. The summed E-state index contributed by atoms with van der Waals surface area (Å²) >= 11 is 0. The summed E-state index contributed by atoms with van der Waals surface area (Å²) in [5, 5.41) is 6.68. The zero-order valence-electron chi connectivity index (χ0n) is 12.4. The highest BCUT2D eigenvalue weighted by atomic mass is 19.1. The van der Waals surface area contributed by atoms with Gasteiger partial charge in [0, 0.05) is 25.6 Å². The van der Waals surface area contributed by atoms with Gasteiger partial charge in [-0.3, -0.25) is 4.99 Å². The minimum atomic E-state index is -0.170. The van der Waals surface area contributed by atoms with Gasteiger partial charge in [0.05, 0.1) is 0 Å². The first-order chi connectivity index (χ1) is 9.70.